The van der Waals surface area contributed by atoms with Gasteiger partial charge in [0.1, 0.15) is 11.6 Å². The van der Waals surface area contributed by atoms with Gasteiger partial charge in [-0.1, -0.05) is 65.8 Å². The Morgan fingerprint density at radius 1 is 0.881 bits per heavy atom. The maximum Gasteiger partial charge on any atom is 0.439 e. The van der Waals surface area contributed by atoms with E-state index in [-0.39, 0.29) is 41.4 Å². The van der Waals surface area contributed by atoms with Crippen LogP contribution >= 0.6 is 0 Å². The largest absolute Gasteiger partial charge is 0.444 e. The molecular formula is C44H50N6O8S. The molecule has 14 nitrogen and oxygen atoms in total. The van der Waals surface area contributed by atoms with Crippen molar-refractivity contribution in [2.24, 2.45) is 11.8 Å². The molecule has 6 rings (SSSR count). The number of rotatable bonds is 14. The molecule has 1 heterocycles. The molecule has 310 valence electrons. The van der Waals surface area contributed by atoms with Gasteiger partial charge >= 0.3 is 11.8 Å². The van der Waals surface area contributed by atoms with Crippen LogP contribution in [0.25, 0.3) is 22.5 Å². The summed E-state index contributed by atoms with van der Waals surface area (Å²) >= 11 is 0. The van der Waals surface area contributed by atoms with Crippen molar-refractivity contribution < 1.29 is 32.1 Å². The van der Waals surface area contributed by atoms with Gasteiger partial charge in [-0.2, -0.15) is 0 Å². The number of sulfonamides is 1. The van der Waals surface area contributed by atoms with Gasteiger partial charge in [0.25, 0.3) is 0 Å². The number of anilines is 1. The van der Waals surface area contributed by atoms with Gasteiger partial charge in [-0.25, -0.2) is 22.7 Å². The summed E-state index contributed by atoms with van der Waals surface area (Å²) in [6, 6.07) is 27.4. The Hall–Kier alpha value is -6.06. The molecule has 1 aliphatic carbocycles. The maximum atomic E-state index is 14.0. The van der Waals surface area contributed by atoms with E-state index in [1.807, 2.05) is 82.3 Å². The van der Waals surface area contributed by atoms with Crippen LogP contribution in [0.15, 0.2) is 111 Å². The van der Waals surface area contributed by atoms with E-state index in [9.17, 15) is 27.6 Å². The van der Waals surface area contributed by atoms with Gasteiger partial charge in [0, 0.05) is 36.7 Å². The number of aryl methyl sites for hydroxylation is 1. The fourth-order valence-corrected chi connectivity index (χ4v) is 8.05. The first-order chi connectivity index (χ1) is 28.1. The molecule has 59 heavy (non-hydrogen) atoms. The third-order valence-electron chi connectivity index (χ3n) is 10.2. The van der Waals surface area contributed by atoms with Gasteiger partial charge in [0.15, 0.2) is 5.82 Å². The second-order valence-electron chi connectivity index (χ2n) is 15.9. The van der Waals surface area contributed by atoms with Gasteiger partial charge < -0.3 is 20.7 Å². The smallest absolute Gasteiger partial charge is 0.439 e. The van der Waals surface area contributed by atoms with Gasteiger partial charge in [0.2, 0.25) is 21.8 Å². The van der Waals surface area contributed by atoms with Gasteiger partial charge in [-0.15, -0.1) is 0 Å². The van der Waals surface area contributed by atoms with Gasteiger partial charge in [-0.05, 0) is 124 Å². The van der Waals surface area contributed by atoms with Crippen LogP contribution in [0.5, 0.6) is 0 Å². The number of amides is 3. The van der Waals surface area contributed by atoms with E-state index in [1.54, 1.807) is 42.5 Å². The van der Waals surface area contributed by atoms with E-state index in [1.165, 1.54) is 0 Å². The quantitative estimate of drug-likeness (QED) is 0.0831. The summed E-state index contributed by atoms with van der Waals surface area (Å²) < 4.78 is 39.3. The van der Waals surface area contributed by atoms with Gasteiger partial charge in [-0.3, -0.25) is 19.1 Å². The highest BCUT2D eigenvalue weighted by Gasteiger charge is 2.30. The number of hydrogen-bond acceptors (Lipinski definition) is 9. The van der Waals surface area contributed by atoms with Crippen LogP contribution in [-0.2, 0) is 37.3 Å². The highest BCUT2D eigenvalue weighted by atomic mass is 32.2. The Bertz CT molecular complexity index is 2420. The summed E-state index contributed by atoms with van der Waals surface area (Å²) in [4.78, 5) is 54.0. The van der Waals surface area contributed by atoms with E-state index >= 15 is 0 Å². The summed E-state index contributed by atoms with van der Waals surface area (Å²) in [6.45, 7) is 7.93. The summed E-state index contributed by atoms with van der Waals surface area (Å²) in [5, 5.41) is 12.5. The SMILES string of the molecule is Cc1ccc(S(=O)(=O)NCc2ccccc2)cc1-c1cccc(CC(NC(=O)C2CCC(CNC(=O)OC(C)(C)C)CC2)C(=O)Nc2ccc(-c3noc(=O)[nH]3)cc2)c1. The Kier molecular flexibility index (Phi) is 13.5. The van der Waals surface area contributed by atoms with Crippen molar-refractivity contribution in [1.82, 2.24) is 25.5 Å². The number of H-pyrrole nitrogens is 1. The number of carbonyl (C=O) groups excluding carboxylic acids is 3. The molecule has 1 atom stereocenters. The van der Waals surface area contributed by atoms with Crippen LogP contribution in [0.1, 0.15) is 63.1 Å². The lowest BCUT2D eigenvalue weighted by molar-refractivity contribution is -0.130. The Morgan fingerprint density at radius 3 is 2.27 bits per heavy atom. The average Bonchev–Trinajstić information content (AvgIpc) is 3.65. The minimum atomic E-state index is -3.83. The second-order valence-corrected chi connectivity index (χ2v) is 17.6. The van der Waals surface area contributed by atoms with Gasteiger partial charge in [0.05, 0.1) is 4.90 Å². The molecule has 1 aromatic heterocycles. The monoisotopic (exact) mass is 822 g/mol. The summed E-state index contributed by atoms with van der Waals surface area (Å²) in [7, 11) is -3.83. The summed E-state index contributed by atoms with van der Waals surface area (Å²) in [6.07, 6.45) is 2.33. The highest BCUT2D eigenvalue weighted by molar-refractivity contribution is 7.89. The molecular weight excluding hydrogens is 773 g/mol. The van der Waals surface area contributed by atoms with Crippen molar-refractivity contribution in [3.8, 4) is 22.5 Å². The molecule has 0 aliphatic heterocycles. The van der Waals surface area contributed by atoms with E-state index in [0.29, 0.717) is 36.2 Å². The number of benzene rings is 4. The standard InChI is InChI=1S/C44H50N6O8S/c1-28-13-22-36(59(55,56)46-27-29-9-6-5-7-10-29)25-37(28)34-12-8-11-31(23-34)24-38(41(52)47-35-20-18-32(19-21-35)39-49-43(54)58-50-39)48-40(51)33-16-14-30(15-17-33)26-45-42(53)57-44(2,3)4/h5-13,18-23,25,30,33,38,46H,14-17,24,26-27H2,1-4H3,(H,45,53)(H,47,52)(H,48,51)(H,49,50,54). The maximum absolute atomic E-state index is 14.0. The third-order valence-corrected chi connectivity index (χ3v) is 11.6. The van der Waals surface area contributed by atoms with Crippen LogP contribution in [0.4, 0.5) is 10.5 Å². The zero-order valence-electron chi connectivity index (χ0n) is 33.5. The molecule has 0 saturated heterocycles. The first-order valence-electron chi connectivity index (χ1n) is 19.6. The van der Waals surface area contributed by atoms with E-state index < -0.39 is 39.4 Å². The van der Waals surface area contributed by atoms with Crippen molar-refractivity contribution in [2.75, 3.05) is 11.9 Å². The molecule has 5 N–H and O–H groups in total. The average molecular weight is 823 g/mol. The van der Waals surface area contributed by atoms with Crippen molar-refractivity contribution in [1.29, 1.82) is 0 Å². The molecule has 1 unspecified atom stereocenters. The lowest BCUT2D eigenvalue weighted by Crippen LogP contribution is -2.48. The fraction of sp³-hybridized carbons (Fsp3) is 0.341. The van der Waals surface area contributed by atoms with Crippen LogP contribution in [0.2, 0.25) is 0 Å². The van der Waals surface area contributed by atoms with Crippen LogP contribution in [0, 0.1) is 18.8 Å². The molecule has 3 amide bonds. The molecule has 0 spiro atoms. The normalized spacial score (nSPS) is 16.1. The van der Waals surface area contributed by atoms with Crippen LogP contribution in [-0.4, -0.2) is 54.7 Å². The van der Waals surface area contributed by atoms with Crippen molar-refractivity contribution in [2.45, 2.75) is 82.9 Å². The Labute approximate surface area is 343 Å². The number of carbonyl (C=O) groups is 3. The molecule has 1 aliphatic rings. The predicted molar refractivity (Wildman–Crippen MR) is 224 cm³/mol. The minimum Gasteiger partial charge on any atom is -0.444 e. The molecule has 5 aromatic rings. The van der Waals surface area contributed by atoms with E-state index in [4.69, 9.17) is 4.74 Å². The Morgan fingerprint density at radius 2 is 1.59 bits per heavy atom. The number of aromatic nitrogens is 2. The van der Waals surface area contributed by atoms with E-state index in [0.717, 1.165) is 35.1 Å². The van der Waals surface area contributed by atoms with Crippen LogP contribution < -0.4 is 26.4 Å². The van der Waals surface area contributed by atoms with E-state index in [2.05, 4.69) is 35.3 Å². The first-order valence-corrected chi connectivity index (χ1v) is 21.1. The molecule has 15 heteroatoms. The zero-order chi connectivity index (χ0) is 42.2. The number of nitrogens with zero attached hydrogens (tertiary/aromatic N) is 1. The number of ether oxygens (including phenoxy) is 1. The summed E-state index contributed by atoms with van der Waals surface area (Å²) in [5.74, 6) is -1.23. The van der Waals surface area contributed by atoms with Crippen molar-refractivity contribution >= 4 is 33.6 Å². The van der Waals surface area contributed by atoms with Crippen LogP contribution in [0.3, 0.4) is 0 Å². The molecule has 4 aromatic carbocycles. The zero-order valence-corrected chi connectivity index (χ0v) is 34.4. The lowest BCUT2D eigenvalue weighted by Gasteiger charge is -2.29. The van der Waals surface area contributed by atoms with Crippen molar-refractivity contribution in [3.05, 3.63) is 124 Å². The molecule has 0 radical (unpaired) electrons. The Balaban J connectivity index is 1.17. The number of nitrogens with one attached hydrogen (secondary N) is 5. The van der Waals surface area contributed by atoms with Crippen molar-refractivity contribution in [3.63, 3.8) is 0 Å². The predicted octanol–water partition coefficient (Wildman–Crippen LogP) is 6.48. The fourth-order valence-electron chi connectivity index (χ4n) is 7.00. The first kappa shape index (κ1) is 42.5. The minimum absolute atomic E-state index is 0.125. The molecule has 1 saturated carbocycles. The molecule has 0 bridgehead atoms. The highest BCUT2D eigenvalue weighted by Crippen LogP contribution is 2.30. The lowest BCUT2D eigenvalue weighted by atomic mass is 9.81. The topological polar surface area (TPSA) is 202 Å². The third kappa shape index (κ3) is 12.0. The second kappa shape index (κ2) is 18.7. The molecule has 1 fully saturated rings. The number of hydrogen-bond donors (Lipinski definition) is 5. The number of alkyl carbamates (subject to hydrolysis) is 1. The number of aromatic amines is 1. The summed E-state index contributed by atoms with van der Waals surface area (Å²) in [5.41, 5.74) is 4.36.